The van der Waals surface area contributed by atoms with Crippen LogP contribution in [0.4, 0.5) is 5.69 Å². The summed E-state index contributed by atoms with van der Waals surface area (Å²) in [6.07, 6.45) is 1.50. The normalized spacial score (nSPS) is 10.7. The maximum absolute atomic E-state index is 10.8. The van der Waals surface area contributed by atoms with Gasteiger partial charge in [-0.15, -0.1) is 0 Å². The fourth-order valence-corrected chi connectivity index (χ4v) is 1.46. The van der Waals surface area contributed by atoms with Crippen LogP contribution in [0.5, 0.6) is 5.75 Å². The lowest BCUT2D eigenvalue weighted by molar-refractivity contribution is 0.0697. The molecule has 90 valence electrons. The standard InChI is InChI=1S/C14H11NO3/c16-13-7-2-1-4-11(13)9-15-12-6-3-5-10(8-12)14(17)18/h1-9,16H,(H,17,18). The van der Waals surface area contributed by atoms with Gasteiger partial charge in [-0.25, -0.2) is 4.79 Å². The number of aromatic hydroxyl groups is 1. The van der Waals surface area contributed by atoms with Crippen LogP contribution >= 0.6 is 0 Å². The van der Waals surface area contributed by atoms with E-state index in [9.17, 15) is 9.90 Å². The Bertz CT molecular complexity index is 605. The summed E-state index contributed by atoms with van der Waals surface area (Å²) in [5.41, 5.74) is 1.29. The van der Waals surface area contributed by atoms with Crippen molar-refractivity contribution >= 4 is 17.9 Å². The molecule has 0 saturated heterocycles. The molecule has 2 N–H and O–H groups in total. The van der Waals surface area contributed by atoms with Gasteiger partial charge in [-0.2, -0.15) is 0 Å². The Morgan fingerprint density at radius 1 is 1.11 bits per heavy atom. The number of aliphatic imine (C=N–C) groups is 1. The summed E-state index contributed by atoms with van der Waals surface area (Å²) in [6.45, 7) is 0. The molecule has 18 heavy (non-hydrogen) atoms. The van der Waals surface area contributed by atoms with Crippen LogP contribution in [0.15, 0.2) is 53.5 Å². The number of phenols is 1. The number of benzene rings is 2. The van der Waals surface area contributed by atoms with Crippen molar-refractivity contribution in [3.63, 3.8) is 0 Å². The number of nitrogens with zero attached hydrogens (tertiary/aromatic N) is 1. The Balaban J connectivity index is 2.27. The highest BCUT2D eigenvalue weighted by Crippen LogP contribution is 2.17. The van der Waals surface area contributed by atoms with Crippen molar-refractivity contribution in [3.05, 3.63) is 59.7 Å². The largest absolute Gasteiger partial charge is 0.507 e. The predicted molar refractivity (Wildman–Crippen MR) is 68.8 cm³/mol. The number of hydrogen-bond acceptors (Lipinski definition) is 3. The molecule has 0 aliphatic heterocycles. The van der Waals surface area contributed by atoms with Gasteiger partial charge in [0.1, 0.15) is 5.75 Å². The summed E-state index contributed by atoms with van der Waals surface area (Å²) in [5, 5.41) is 18.4. The van der Waals surface area contributed by atoms with Crippen LogP contribution in [0.25, 0.3) is 0 Å². The van der Waals surface area contributed by atoms with Gasteiger partial charge < -0.3 is 10.2 Å². The van der Waals surface area contributed by atoms with Gasteiger partial charge in [0.25, 0.3) is 0 Å². The van der Waals surface area contributed by atoms with Crippen molar-refractivity contribution in [2.24, 2.45) is 4.99 Å². The van der Waals surface area contributed by atoms with E-state index in [0.29, 0.717) is 11.3 Å². The minimum absolute atomic E-state index is 0.135. The average Bonchev–Trinajstić information content (AvgIpc) is 2.38. The SMILES string of the molecule is O=C(O)c1cccc(N=Cc2ccccc2O)c1. The number of para-hydroxylation sites is 1. The van der Waals surface area contributed by atoms with Gasteiger partial charge in [-0.1, -0.05) is 18.2 Å². The molecule has 0 aliphatic carbocycles. The van der Waals surface area contributed by atoms with Gasteiger partial charge in [0.2, 0.25) is 0 Å². The molecule has 0 amide bonds. The second kappa shape index (κ2) is 5.14. The zero-order valence-electron chi connectivity index (χ0n) is 9.45. The molecule has 0 saturated carbocycles. The maximum Gasteiger partial charge on any atom is 0.335 e. The van der Waals surface area contributed by atoms with Crippen molar-refractivity contribution in [2.75, 3.05) is 0 Å². The Hall–Kier alpha value is -2.62. The van der Waals surface area contributed by atoms with Crippen LogP contribution in [-0.2, 0) is 0 Å². The summed E-state index contributed by atoms with van der Waals surface area (Å²) in [4.78, 5) is 14.9. The number of phenolic OH excluding ortho intramolecular Hbond substituents is 1. The lowest BCUT2D eigenvalue weighted by Crippen LogP contribution is -1.94. The first kappa shape index (κ1) is 11.9. The molecule has 0 unspecified atom stereocenters. The number of rotatable bonds is 3. The highest BCUT2D eigenvalue weighted by Gasteiger charge is 2.02. The molecule has 0 radical (unpaired) electrons. The zero-order chi connectivity index (χ0) is 13.0. The molecule has 0 spiro atoms. The summed E-state index contributed by atoms with van der Waals surface area (Å²) in [5.74, 6) is -0.856. The van der Waals surface area contributed by atoms with E-state index in [2.05, 4.69) is 4.99 Å². The van der Waals surface area contributed by atoms with Crippen LogP contribution in [0.2, 0.25) is 0 Å². The second-order valence-electron chi connectivity index (χ2n) is 3.67. The highest BCUT2D eigenvalue weighted by molar-refractivity contribution is 5.89. The van der Waals surface area contributed by atoms with E-state index in [1.807, 2.05) is 0 Å². The topological polar surface area (TPSA) is 69.9 Å². The molecular formula is C14H11NO3. The fourth-order valence-electron chi connectivity index (χ4n) is 1.46. The highest BCUT2D eigenvalue weighted by atomic mass is 16.4. The van der Waals surface area contributed by atoms with Crippen LogP contribution in [0.1, 0.15) is 15.9 Å². The van der Waals surface area contributed by atoms with Gasteiger partial charge in [-0.05, 0) is 30.3 Å². The summed E-state index contributed by atoms with van der Waals surface area (Å²) < 4.78 is 0. The number of hydrogen-bond donors (Lipinski definition) is 2. The first-order chi connectivity index (χ1) is 8.66. The first-order valence-electron chi connectivity index (χ1n) is 5.32. The van der Waals surface area contributed by atoms with Crippen LogP contribution < -0.4 is 0 Å². The second-order valence-corrected chi connectivity index (χ2v) is 3.67. The van der Waals surface area contributed by atoms with Crippen LogP contribution in [0.3, 0.4) is 0 Å². The molecule has 2 aromatic carbocycles. The van der Waals surface area contributed by atoms with Crippen molar-refractivity contribution in [1.82, 2.24) is 0 Å². The zero-order valence-corrected chi connectivity index (χ0v) is 9.45. The Kier molecular flexibility index (Phi) is 3.38. The van der Waals surface area contributed by atoms with E-state index in [-0.39, 0.29) is 11.3 Å². The monoisotopic (exact) mass is 241 g/mol. The third-order valence-electron chi connectivity index (χ3n) is 2.38. The Labute approximate surface area is 104 Å². The van der Waals surface area contributed by atoms with Gasteiger partial charge in [0.05, 0.1) is 11.3 Å². The minimum atomic E-state index is -0.991. The van der Waals surface area contributed by atoms with Crippen molar-refractivity contribution in [2.45, 2.75) is 0 Å². The molecule has 2 rings (SSSR count). The van der Waals surface area contributed by atoms with E-state index < -0.39 is 5.97 Å². The van der Waals surface area contributed by atoms with Crippen molar-refractivity contribution in [1.29, 1.82) is 0 Å². The van der Waals surface area contributed by atoms with Crippen LogP contribution in [0, 0.1) is 0 Å². The fraction of sp³-hybridized carbons (Fsp3) is 0. The summed E-state index contributed by atoms with van der Waals surface area (Å²) in [7, 11) is 0. The van der Waals surface area contributed by atoms with Gasteiger partial charge in [0, 0.05) is 11.8 Å². The van der Waals surface area contributed by atoms with Gasteiger partial charge in [0.15, 0.2) is 0 Å². The maximum atomic E-state index is 10.8. The molecule has 0 heterocycles. The summed E-state index contributed by atoms with van der Waals surface area (Å²) in [6, 6.07) is 13.1. The molecule has 0 aliphatic rings. The molecule has 0 bridgehead atoms. The molecule has 4 heteroatoms. The lowest BCUT2D eigenvalue weighted by Gasteiger charge is -1.98. The molecular weight excluding hydrogens is 230 g/mol. The summed E-state index contributed by atoms with van der Waals surface area (Å²) >= 11 is 0. The average molecular weight is 241 g/mol. The van der Waals surface area contributed by atoms with E-state index >= 15 is 0 Å². The minimum Gasteiger partial charge on any atom is -0.507 e. The number of carboxylic acids is 1. The smallest absolute Gasteiger partial charge is 0.335 e. The Morgan fingerprint density at radius 2 is 1.89 bits per heavy atom. The van der Waals surface area contributed by atoms with Gasteiger partial charge >= 0.3 is 5.97 Å². The number of carbonyl (C=O) groups is 1. The predicted octanol–water partition coefficient (Wildman–Crippen LogP) is 2.84. The van der Waals surface area contributed by atoms with Gasteiger partial charge in [-0.3, -0.25) is 4.99 Å². The van der Waals surface area contributed by atoms with E-state index in [0.717, 1.165) is 0 Å². The molecule has 0 atom stereocenters. The quantitative estimate of drug-likeness (QED) is 0.812. The Morgan fingerprint density at radius 3 is 2.61 bits per heavy atom. The number of carboxylic acid groups (broad SMARTS) is 1. The van der Waals surface area contributed by atoms with E-state index in [4.69, 9.17) is 5.11 Å². The molecule has 0 fully saturated rings. The van der Waals surface area contributed by atoms with Crippen LogP contribution in [-0.4, -0.2) is 22.4 Å². The first-order valence-corrected chi connectivity index (χ1v) is 5.32. The number of aromatic carboxylic acids is 1. The molecule has 0 aromatic heterocycles. The third kappa shape index (κ3) is 2.74. The van der Waals surface area contributed by atoms with E-state index in [1.165, 1.54) is 18.3 Å². The molecule has 4 nitrogen and oxygen atoms in total. The third-order valence-corrected chi connectivity index (χ3v) is 2.38. The van der Waals surface area contributed by atoms with Crippen molar-refractivity contribution < 1.29 is 15.0 Å². The lowest BCUT2D eigenvalue weighted by atomic mass is 10.2. The van der Waals surface area contributed by atoms with E-state index in [1.54, 1.807) is 36.4 Å². The molecule has 2 aromatic rings. The van der Waals surface area contributed by atoms with Crippen molar-refractivity contribution in [3.8, 4) is 5.75 Å².